The number of anilines is 1. The second kappa shape index (κ2) is 6.44. The van der Waals surface area contributed by atoms with Crippen molar-refractivity contribution in [3.05, 3.63) is 52.5 Å². The molecular formula is C20H23N5O. The van der Waals surface area contributed by atoms with Gasteiger partial charge in [0.15, 0.2) is 0 Å². The van der Waals surface area contributed by atoms with E-state index in [4.69, 9.17) is 0 Å². The van der Waals surface area contributed by atoms with Crippen LogP contribution < -0.4 is 5.32 Å². The fraction of sp³-hybridized carbons (Fsp3) is 0.350. The summed E-state index contributed by atoms with van der Waals surface area (Å²) in [5.74, 6) is -0.165. The molecule has 2 heterocycles. The topological polar surface area (TPSA) is 75.6 Å². The average Bonchev–Trinajstić information content (AvgIpc) is 3.20. The van der Waals surface area contributed by atoms with Gasteiger partial charge in [0.2, 0.25) is 0 Å². The molecule has 1 aliphatic rings. The third-order valence-corrected chi connectivity index (χ3v) is 5.23. The van der Waals surface area contributed by atoms with Gasteiger partial charge in [-0.2, -0.15) is 10.2 Å². The normalized spacial score (nSPS) is 13.5. The predicted octanol–water partition coefficient (Wildman–Crippen LogP) is 3.56. The number of rotatable bonds is 3. The first-order chi connectivity index (χ1) is 12.5. The van der Waals surface area contributed by atoms with Crippen LogP contribution in [0.5, 0.6) is 0 Å². The van der Waals surface area contributed by atoms with Crippen LogP contribution >= 0.6 is 0 Å². The van der Waals surface area contributed by atoms with Gasteiger partial charge in [-0.05, 0) is 62.8 Å². The lowest BCUT2D eigenvalue weighted by Gasteiger charge is -2.19. The van der Waals surface area contributed by atoms with Crippen molar-refractivity contribution in [2.75, 3.05) is 5.32 Å². The predicted molar refractivity (Wildman–Crippen MR) is 101 cm³/mol. The number of hydrogen-bond acceptors (Lipinski definition) is 3. The van der Waals surface area contributed by atoms with E-state index in [0.29, 0.717) is 5.69 Å². The van der Waals surface area contributed by atoms with Crippen LogP contribution in [0.1, 0.15) is 45.8 Å². The minimum atomic E-state index is -0.165. The smallest absolute Gasteiger partial charge is 0.273 e. The molecule has 0 fully saturated rings. The van der Waals surface area contributed by atoms with Gasteiger partial charge >= 0.3 is 0 Å². The van der Waals surface area contributed by atoms with Crippen LogP contribution in [0.25, 0.3) is 11.3 Å². The molecule has 6 heteroatoms. The Morgan fingerprint density at radius 3 is 2.81 bits per heavy atom. The molecule has 1 aliphatic carbocycles. The lowest BCUT2D eigenvalue weighted by Crippen LogP contribution is -2.15. The van der Waals surface area contributed by atoms with Gasteiger partial charge in [0.25, 0.3) is 5.91 Å². The number of nitrogens with one attached hydrogen (secondary N) is 2. The van der Waals surface area contributed by atoms with Gasteiger partial charge in [0.05, 0.1) is 11.4 Å². The molecule has 0 atom stereocenters. The maximum atomic E-state index is 12.7. The Morgan fingerprint density at radius 2 is 2.04 bits per heavy atom. The van der Waals surface area contributed by atoms with Crippen molar-refractivity contribution in [3.8, 4) is 11.3 Å². The first kappa shape index (κ1) is 16.6. The van der Waals surface area contributed by atoms with Crippen LogP contribution in [-0.2, 0) is 19.9 Å². The number of aromatic nitrogens is 4. The molecule has 0 bridgehead atoms. The highest BCUT2D eigenvalue weighted by Crippen LogP contribution is 2.29. The van der Waals surface area contributed by atoms with Gasteiger partial charge in [-0.25, -0.2) is 0 Å². The van der Waals surface area contributed by atoms with Crippen molar-refractivity contribution < 1.29 is 4.79 Å². The van der Waals surface area contributed by atoms with Crippen LogP contribution in [0.15, 0.2) is 24.3 Å². The van der Waals surface area contributed by atoms with Gasteiger partial charge in [0, 0.05) is 24.0 Å². The zero-order chi connectivity index (χ0) is 18.3. The Bertz CT molecular complexity index is 982. The maximum absolute atomic E-state index is 12.7. The number of H-pyrrole nitrogens is 1. The molecule has 0 unspecified atom stereocenters. The van der Waals surface area contributed by atoms with Gasteiger partial charge in [-0.15, -0.1) is 0 Å². The molecule has 26 heavy (non-hydrogen) atoms. The number of amides is 1. The number of hydrogen-bond donors (Lipinski definition) is 2. The molecule has 2 aromatic heterocycles. The summed E-state index contributed by atoms with van der Waals surface area (Å²) < 4.78 is 1.83. The molecule has 0 saturated carbocycles. The fourth-order valence-electron chi connectivity index (χ4n) is 3.80. The molecule has 3 aromatic rings. The summed E-state index contributed by atoms with van der Waals surface area (Å²) in [5, 5.41) is 14.7. The van der Waals surface area contributed by atoms with Gasteiger partial charge in [-0.1, -0.05) is 12.1 Å². The zero-order valence-electron chi connectivity index (χ0n) is 15.4. The molecule has 1 aromatic carbocycles. The Labute approximate surface area is 152 Å². The SMILES string of the molecule is Cc1nn(C)c(C)c1-c1cc(C(=O)Nc2cccc3c2CCCC3)[nH]n1. The molecule has 134 valence electrons. The van der Waals surface area contributed by atoms with E-state index in [-0.39, 0.29) is 5.91 Å². The Kier molecular flexibility index (Phi) is 4.11. The number of carbonyl (C=O) groups excluding carboxylic acids is 1. The standard InChI is InChI=1S/C20H23N5O/c1-12-19(13(2)25(3)24-12)17-11-18(23-22-17)20(26)21-16-10-6-8-14-7-4-5-9-15(14)16/h6,8,10-11H,4-5,7,9H2,1-3H3,(H,21,26)(H,22,23). The molecular weight excluding hydrogens is 326 g/mol. The van der Waals surface area contributed by atoms with Crippen molar-refractivity contribution in [1.82, 2.24) is 20.0 Å². The van der Waals surface area contributed by atoms with Crippen molar-refractivity contribution in [3.63, 3.8) is 0 Å². The minimum absolute atomic E-state index is 0.165. The van der Waals surface area contributed by atoms with Crippen molar-refractivity contribution in [2.45, 2.75) is 39.5 Å². The van der Waals surface area contributed by atoms with E-state index < -0.39 is 0 Å². The largest absolute Gasteiger partial charge is 0.320 e. The number of aryl methyl sites for hydroxylation is 3. The zero-order valence-corrected chi connectivity index (χ0v) is 15.4. The third kappa shape index (κ3) is 2.81. The first-order valence-electron chi connectivity index (χ1n) is 9.02. The molecule has 0 radical (unpaired) electrons. The second-order valence-electron chi connectivity index (χ2n) is 6.94. The average molecular weight is 349 g/mol. The van der Waals surface area contributed by atoms with Gasteiger partial charge in [0.1, 0.15) is 5.69 Å². The summed E-state index contributed by atoms with van der Waals surface area (Å²) >= 11 is 0. The number of fused-ring (bicyclic) bond motifs is 1. The Hall–Kier alpha value is -2.89. The van der Waals surface area contributed by atoms with Gasteiger partial charge < -0.3 is 5.32 Å². The molecule has 2 N–H and O–H groups in total. The molecule has 0 saturated heterocycles. The summed E-state index contributed by atoms with van der Waals surface area (Å²) in [6.07, 6.45) is 4.51. The van der Waals surface area contributed by atoms with Crippen molar-refractivity contribution >= 4 is 11.6 Å². The van der Waals surface area contributed by atoms with Crippen molar-refractivity contribution in [2.24, 2.45) is 7.05 Å². The number of carbonyl (C=O) groups is 1. The monoisotopic (exact) mass is 349 g/mol. The molecule has 1 amide bonds. The van der Waals surface area contributed by atoms with E-state index in [0.717, 1.165) is 41.2 Å². The molecule has 4 rings (SSSR count). The lowest BCUT2D eigenvalue weighted by molar-refractivity contribution is 0.102. The van der Waals surface area contributed by atoms with E-state index >= 15 is 0 Å². The maximum Gasteiger partial charge on any atom is 0.273 e. The summed E-state index contributed by atoms with van der Waals surface area (Å²) in [6.45, 7) is 3.95. The van der Waals surface area contributed by atoms with Crippen LogP contribution in [0.2, 0.25) is 0 Å². The van der Waals surface area contributed by atoms with Crippen molar-refractivity contribution in [1.29, 1.82) is 0 Å². The van der Waals surface area contributed by atoms with E-state index in [1.807, 2.05) is 37.7 Å². The molecule has 0 aliphatic heterocycles. The van der Waals surface area contributed by atoms with Crippen LogP contribution in [0.3, 0.4) is 0 Å². The quantitative estimate of drug-likeness (QED) is 0.759. The molecule has 6 nitrogen and oxygen atoms in total. The highest BCUT2D eigenvalue weighted by molar-refractivity contribution is 6.04. The lowest BCUT2D eigenvalue weighted by atomic mass is 9.90. The fourth-order valence-corrected chi connectivity index (χ4v) is 3.80. The van der Waals surface area contributed by atoms with Crippen LogP contribution in [0.4, 0.5) is 5.69 Å². The highest BCUT2D eigenvalue weighted by atomic mass is 16.1. The van der Waals surface area contributed by atoms with E-state index in [1.54, 1.807) is 6.07 Å². The summed E-state index contributed by atoms with van der Waals surface area (Å²) in [6, 6.07) is 7.95. The van der Waals surface area contributed by atoms with E-state index in [1.165, 1.54) is 24.0 Å². The number of aromatic amines is 1. The summed E-state index contributed by atoms with van der Waals surface area (Å²) in [7, 11) is 1.91. The van der Waals surface area contributed by atoms with E-state index in [9.17, 15) is 4.79 Å². The molecule has 0 spiro atoms. The minimum Gasteiger partial charge on any atom is -0.320 e. The van der Waals surface area contributed by atoms with Crippen LogP contribution in [0, 0.1) is 13.8 Å². The summed E-state index contributed by atoms with van der Waals surface area (Å²) in [5.41, 5.74) is 7.63. The van der Waals surface area contributed by atoms with Crippen LogP contribution in [-0.4, -0.2) is 25.9 Å². The highest BCUT2D eigenvalue weighted by Gasteiger charge is 2.19. The second-order valence-corrected chi connectivity index (χ2v) is 6.94. The summed E-state index contributed by atoms with van der Waals surface area (Å²) in [4.78, 5) is 12.7. The first-order valence-corrected chi connectivity index (χ1v) is 9.02. The Balaban J connectivity index is 1.60. The Morgan fingerprint density at radius 1 is 1.23 bits per heavy atom. The van der Waals surface area contributed by atoms with Gasteiger partial charge in [-0.3, -0.25) is 14.6 Å². The number of benzene rings is 1. The number of nitrogens with zero attached hydrogens (tertiary/aromatic N) is 3. The third-order valence-electron chi connectivity index (χ3n) is 5.23. The van der Waals surface area contributed by atoms with E-state index in [2.05, 4.69) is 26.7 Å².